The Morgan fingerprint density at radius 1 is 1.53 bits per heavy atom. The van der Waals surface area contributed by atoms with Gasteiger partial charge >= 0.3 is 0 Å². The third-order valence-electron chi connectivity index (χ3n) is 2.02. The van der Waals surface area contributed by atoms with E-state index in [4.69, 9.17) is 5.11 Å². The molecule has 0 aliphatic rings. The fourth-order valence-electron chi connectivity index (χ4n) is 1.44. The first-order chi connectivity index (χ1) is 6.77. The third kappa shape index (κ3) is 4.64. The number of hydrogen-bond acceptors (Lipinski definition) is 3. The molecule has 2 N–H and O–H groups in total. The summed E-state index contributed by atoms with van der Waals surface area (Å²) in [5.41, 5.74) is 2.25. The van der Waals surface area contributed by atoms with Crippen molar-refractivity contribution < 1.29 is 5.11 Å². The van der Waals surface area contributed by atoms with Gasteiger partial charge in [-0.15, -0.1) is 12.4 Å². The van der Waals surface area contributed by atoms with Gasteiger partial charge in [0.1, 0.15) is 0 Å². The zero-order valence-electron chi connectivity index (χ0n) is 9.36. The smallest absolute Gasteiger partial charge is 0.0597 e. The zero-order chi connectivity index (χ0) is 10.4. The molecular weight excluding hydrogens is 214 g/mol. The molecule has 4 nitrogen and oxygen atoms in total. The first-order valence-corrected chi connectivity index (χ1v) is 5.12. The van der Waals surface area contributed by atoms with Crippen molar-refractivity contribution in [1.29, 1.82) is 0 Å². The summed E-state index contributed by atoms with van der Waals surface area (Å²) in [6.07, 6.45) is 1.09. The molecule has 0 saturated heterocycles. The van der Waals surface area contributed by atoms with Crippen LogP contribution in [0.4, 0.5) is 0 Å². The van der Waals surface area contributed by atoms with Gasteiger partial charge in [0.25, 0.3) is 0 Å². The maximum absolute atomic E-state index is 8.64. The normalized spacial score (nSPS) is 10.1. The van der Waals surface area contributed by atoms with Crippen LogP contribution in [0.5, 0.6) is 0 Å². The van der Waals surface area contributed by atoms with E-state index in [0.29, 0.717) is 6.54 Å². The Morgan fingerprint density at radius 2 is 2.27 bits per heavy atom. The minimum atomic E-state index is 0. The third-order valence-corrected chi connectivity index (χ3v) is 2.02. The van der Waals surface area contributed by atoms with Crippen molar-refractivity contribution in [2.75, 3.05) is 13.2 Å². The van der Waals surface area contributed by atoms with Crippen molar-refractivity contribution in [3.8, 4) is 0 Å². The zero-order valence-corrected chi connectivity index (χ0v) is 10.2. The molecular formula is C10H20ClN3O. The van der Waals surface area contributed by atoms with Gasteiger partial charge in [-0.1, -0.05) is 6.92 Å². The van der Waals surface area contributed by atoms with Crippen LogP contribution >= 0.6 is 12.4 Å². The summed E-state index contributed by atoms with van der Waals surface area (Å²) < 4.78 is 2.03. The molecule has 0 bridgehead atoms. The van der Waals surface area contributed by atoms with Gasteiger partial charge in [-0.25, -0.2) is 0 Å². The number of nitrogens with zero attached hydrogens (tertiary/aromatic N) is 2. The molecule has 0 fully saturated rings. The summed E-state index contributed by atoms with van der Waals surface area (Å²) in [5.74, 6) is 0. The molecule has 5 heteroatoms. The van der Waals surface area contributed by atoms with E-state index in [-0.39, 0.29) is 19.0 Å². The number of aliphatic hydroxyl groups excluding tert-OH is 1. The molecule has 1 aromatic heterocycles. The first-order valence-electron chi connectivity index (χ1n) is 5.12. The van der Waals surface area contributed by atoms with Crippen molar-refractivity contribution in [1.82, 2.24) is 15.1 Å². The highest BCUT2D eigenvalue weighted by Crippen LogP contribution is 2.04. The summed E-state index contributed by atoms with van der Waals surface area (Å²) in [5, 5.41) is 16.2. The summed E-state index contributed by atoms with van der Waals surface area (Å²) in [7, 11) is 0. The molecule has 0 spiro atoms. The maximum Gasteiger partial charge on any atom is 0.0597 e. The molecule has 88 valence electrons. The van der Waals surface area contributed by atoms with Crippen molar-refractivity contribution >= 4 is 12.4 Å². The van der Waals surface area contributed by atoms with Gasteiger partial charge < -0.3 is 10.4 Å². The Balaban J connectivity index is 0.00000196. The largest absolute Gasteiger partial charge is 0.395 e. The van der Waals surface area contributed by atoms with Gasteiger partial charge in [-0.3, -0.25) is 4.68 Å². The molecule has 15 heavy (non-hydrogen) atoms. The average Bonchev–Trinajstić information content (AvgIpc) is 2.48. The molecule has 0 aliphatic carbocycles. The molecule has 0 radical (unpaired) electrons. The van der Waals surface area contributed by atoms with Gasteiger partial charge in [0.05, 0.1) is 18.0 Å². The molecule has 0 atom stereocenters. The standard InChI is InChI=1S/C10H19N3O.ClH/c1-3-5-13-10(7-9(2)12-13)8-11-4-6-14;/h7,11,14H,3-6,8H2,1-2H3;1H. The summed E-state index contributed by atoms with van der Waals surface area (Å²) in [4.78, 5) is 0. The summed E-state index contributed by atoms with van der Waals surface area (Å²) in [6, 6.07) is 2.08. The highest BCUT2D eigenvalue weighted by Gasteiger charge is 2.03. The number of aryl methyl sites for hydroxylation is 2. The van der Waals surface area contributed by atoms with Gasteiger partial charge in [-0.2, -0.15) is 5.10 Å². The molecule has 0 amide bonds. The van der Waals surface area contributed by atoms with E-state index in [0.717, 1.165) is 25.2 Å². The van der Waals surface area contributed by atoms with Crippen LogP contribution in [0.1, 0.15) is 24.7 Å². The number of halogens is 1. The van der Waals surface area contributed by atoms with Gasteiger partial charge in [0.15, 0.2) is 0 Å². The Bertz CT molecular complexity index is 276. The van der Waals surface area contributed by atoms with Crippen LogP contribution in [-0.4, -0.2) is 28.0 Å². The van der Waals surface area contributed by atoms with Crippen LogP contribution in [0.3, 0.4) is 0 Å². The predicted octanol–water partition coefficient (Wildman–Crippen LogP) is 1.11. The Morgan fingerprint density at radius 3 is 2.87 bits per heavy atom. The minimum absolute atomic E-state index is 0. The van der Waals surface area contributed by atoms with Crippen molar-refractivity contribution in [2.24, 2.45) is 0 Å². The SMILES string of the molecule is CCCn1nc(C)cc1CNCCO.Cl. The van der Waals surface area contributed by atoms with Gasteiger partial charge in [0, 0.05) is 19.6 Å². The van der Waals surface area contributed by atoms with Crippen LogP contribution in [0.25, 0.3) is 0 Å². The topological polar surface area (TPSA) is 50.1 Å². The lowest BCUT2D eigenvalue weighted by Gasteiger charge is -2.06. The van der Waals surface area contributed by atoms with E-state index < -0.39 is 0 Å². The highest BCUT2D eigenvalue weighted by atomic mass is 35.5. The Labute approximate surface area is 97.1 Å². The van der Waals surface area contributed by atoms with Crippen molar-refractivity contribution in [2.45, 2.75) is 33.4 Å². The fraction of sp³-hybridized carbons (Fsp3) is 0.700. The first kappa shape index (κ1) is 14.4. The lowest BCUT2D eigenvalue weighted by molar-refractivity contribution is 0.291. The van der Waals surface area contributed by atoms with Gasteiger partial charge in [-0.05, 0) is 19.4 Å². The molecule has 0 saturated carbocycles. The Hall–Kier alpha value is -0.580. The van der Waals surface area contributed by atoms with Crippen LogP contribution in [0.15, 0.2) is 6.07 Å². The van der Waals surface area contributed by atoms with E-state index in [1.54, 1.807) is 0 Å². The van der Waals surface area contributed by atoms with Crippen LogP contribution in [0.2, 0.25) is 0 Å². The quantitative estimate of drug-likeness (QED) is 0.724. The monoisotopic (exact) mass is 233 g/mol. The molecule has 0 aliphatic heterocycles. The van der Waals surface area contributed by atoms with Crippen LogP contribution in [0, 0.1) is 6.92 Å². The summed E-state index contributed by atoms with van der Waals surface area (Å²) in [6.45, 7) is 6.70. The van der Waals surface area contributed by atoms with E-state index >= 15 is 0 Å². The molecule has 1 heterocycles. The second-order valence-corrected chi connectivity index (χ2v) is 3.40. The highest BCUT2D eigenvalue weighted by molar-refractivity contribution is 5.85. The second-order valence-electron chi connectivity index (χ2n) is 3.40. The number of hydrogen-bond donors (Lipinski definition) is 2. The Kier molecular flexibility index (Phi) is 7.38. The average molecular weight is 234 g/mol. The number of rotatable bonds is 6. The van der Waals surface area contributed by atoms with E-state index in [9.17, 15) is 0 Å². The maximum atomic E-state index is 8.64. The molecule has 0 unspecified atom stereocenters. The van der Waals surface area contributed by atoms with Crippen molar-refractivity contribution in [3.05, 3.63) is 17.5 Å². The number of aliphatic hydroxyl groups is 1. The second kappa shape index (κ2) is 7.68. The van der Waals surface area contributed by atoms with Crippen molar-refractivity contribution in [3.63, 3.8) is 0 Å². The molecule has 1 rings (SSSR count). The number of aromatic nitrogens is 2. The van der Waals surface area contributed by atoms with E-state index in [1.807, 2.05) is 11.6 Å². The summed E-state index contributed by atoms with van der Waals surface area (Å²) >= 11 is 0. The minimum Gasteiger partial charge on any atom is -0.395 e. The van der Waals surface area contributed by atoms with Crippen LogP contribution < -0.4 is 5.32 Å². The fourth-order valence-corrected chi connectivity index (χ4v) is 1.44. The van der Waals surface area contributed by atoms with Crippen LogP contribution in [-0.2, 0) is 13.1 Å². The van der Waals surface area contributed by atoms with Gasteiger partial charge in [0.2, 0.25) is 0 Å². The number of nitrogens with one attached hydrogen (secondary N) is 1. The molecule has 1 aromatic rings. The predicted molar refractivity (Wildman–Crippen MR) is 63.3 cm³/mol. The lowest BCUT2D eigenvalue weighted by Crippen LogP contribution is -2.20. The molecule has 0 aromatic carbocycles. The van der Waals surface area contributed by atoms with E-state index in [2.05, 4.69) is 23.4 Å². The van der Waals surface area contributed by atoms with E-state index in [1.165, 1.54) is 5.69 Å². The lowest BCUT2D eigenvalue weighted by atomic mass is 10.3.